The lowest BCUT2D eigenvalue weighted by molar-refractivity contribution is -0.183. The molecule has 0 heterocycles. The quantitative estimate of drug-likeness (QED) is 0.284. The van der Waals surface area contributed by atoms with Gasteiger partial charge in [-0.3, -0.25) is 4.79 Å². The van der Waals surface area contributed by atoms with Gasteiger partial charge in [0.2, 0.25) is 0 Å². The molecule has 0 amide bonds. The predicted molar refractivity (Wildman–Crippen MR) is 105 cm³/mol. The van der Waals surface area contributed by atoms with Crippen LogP contribution in [0.25, 0.3) is 0 Å². The SMILES string of the molecule is O=C(Cc1cc(C(F)(F)F)c(C(F)(F)F)c(C(F)(F)F)c1C(F)(F)F)Cc1cc(C(F)(F)F)c(C(F)(F)F)c(C(F)(F)F)c1C(F)(F)F. The van der Waals surface area contributed by atoms with E-state index in [1.807, 2.05) is 0 Å². The summed E-state index contributed by atoms with van der Waals surface area (Å²) in [5.41, 5.74) is -36.4. The molecule has 2 aromatic rings. The topological polar surface area (TPSA) is 17.1 Å². The first-order valence-corrected chi connectivity index (χ1v) is 11.3. The Bertz CT molecular complexity index is 1430. The summed E-state index contributed by atoms with van der Waals surface area (Å²) in [6, 6.07) is -2.73. The van der Waals surface area contributed by atoms with Gasteiger partial charge in [0.15, 0.2) is 0 Å². The predicted octanol–water partition coefficient (Wildman–Crippen LogP) is 11.2. The minimum atomic E-state index is -7.02. The van der Waals surface area contributed by atoms with E-state index in [4.69, 9.17) is 0 Å². The van der Waals surface area contributed by atoms with Crippen LogP contribution in [0.2, 0.25) is 0 Å². The zero-order chi connectivity index (χ0) is 38.2. The zero-order valence-corrected chi connectivity index (χ0v) is 21.5. The molecular weight excluding hydrogens is 748 g/mol. The third kappa shape index (κ3) is 8.52. The summed E-state index contributed by atoms with van der Waals surface area (Å²) in [6.07, 6.45) is -60.3. The van der Waals surface area contributed by atoms with Gasteiger partial charge in [-0.25, -0.2) is 0 Å². The molecular formula is C23H6F24O. The Morgan fingerprint density at radius 1 is 0.333 bits per heavy atom. The minimum absolute atomic E-state index is 1.36. The van der Waals surface area contributed by atoms with Gasteiger partial charge in [-0.2, -0.15) is 105 Å². The summed E-state index contributed by atoms with van der Waals surface area (Å²) >= 11 is 0. The third-order valence-electron chi connectivity index (χ3n) is 5.90. The molecule has 2 rings (SSSR count). The highest BCUT2D eigenvalue weighted by molar-refractivity contribution is 5.84. The van der Waals surface area contributed by atoms with Gasteiger partial charge in [0.1, 0.15) is 5.78 Å². The van der Waals surface area contributed by atoms with Crippen LogP contribution in [-0.2, 0) is 67.0 Å². The number of benzene rings is 2. The Morgan fingerprint density at radius 2 is 0.542 bits per heavy atom. The maximum Gasteiger partial charge on any atom is 0.417 e. The number of halogens is 24. The van der Waals surface area contributed by atoms with Gasteiger partial charge in [0, 0.05) is 12.8 Å². The van der Waals surface area contributed by atoms with Crippen molar-refractivity contribution >= 4 is 5.78 Å². The van der Waals surface area contributed by atoms with Gasteiger partial charge in [0.25, 0.3) is 0 Å². The van der Waals surface area contributed by atoms with Gasteiger partial charge in [-0.15, -0.1) is 0 Å². The van der Waals surface area contributed by atoms with Crippen LogP contribution < -0.4 is 0 Å². The lowest BCUT2D eigenvalue weighted by Crippen LogP contribution is -2.30. The molecule has 25 heteroatoms. The molecule has 0 aliphatic rings. The van der Waals surface area contributed by atoms with E-state index in [0.29, 0.717) is 0 Å². The summed E-state index contributed by atoms with van der Waals surface area (Å²) in [7, 11) is 0. The Morgan fingerprint density at radius 3 is 0.708 bits per heavy atom. The van der Waals surface area contributed by atoms with Gasteiger partial charge >= 0.3 is 49.4 Å². The summed E-state index contributed by atoms with van der Waals surface area (Å²) in [5, 5.41) is 0. The molecule has 0 fully saturated rings. The fourth-order valence-corrected chi connectivity index (χ4v) is 4.49. The van der Waals surface area contributed by atoms with Crippen LogP contribution in [0.4, 0.5) is 105 Å². The molecule has 0 aliphatic carbocycles. The largest absolute Gasteiger partial charge is 0.417 e. The number of carbonyl (C=O) groups is 1. The first-order chi connectivity index (χ1) is 20.8. The van der Waals surface area contributed by atoms with Crippen molar-refractivity contribution in [2.45, 2.75) is 62.3 Å². The van der Waals surface area contributed by atoms with Crippen molar-refractivity contribution in [3.63, 3.8) is 0 Å². The lowest BCUT2D eigenvalue weighted by atomic mass is 9.85. The highest BCUT2D eigenvalue weighted by Gasteiger charge is 2.57. The molecule has 0 saturated carbocycles. The number of alkyl halides is 24. The molecule has 0 bridgehead atoms. The average molecular weight is 754 g/mol. The Kier molecular flexibility index (Phi) is 9.97. The lowest BCUT2D eigenvalue weighted by Gasteiger charge is -2.27. The van der Waals surface area contributed by atoms with E-state index in [0.717, 1.165) is 0 Å². The standard InChI is InChI=1S/C23H6F24O/c24-16(25,26)8-3-5(10(18(30,31)32)14(22(42,43)44)12(8)20(36,37)38)1-7(48)2-6-4-9(17(27,28)29)13(21(39,40)41)15(23(45,46)47)11(6)19(33,34)35/h3-4H,1-2H2. The molecule has 0 saturated heterocycles. The second-order valence-electron chi connectivity index (χ2n) is 9.29. The number of Topliss-reactive ketones (excluding diaryl/α,β-unsaturated/α-hetero) is 1. The van der Waals surface area contributed by atoms with Crippen LogP contribution in [0.15, 0.2) is 12.1 Å². The normalized spacial score (nSPS) is 14.5. The smallest absolute Gasteiger partial charge is 0.299 e. The first-order valence-electron chi connectivity index (χ1n) is 11.3. The molecule has 0 spiro atoms. The van der Waals surface area contributed by atoms with Crippen molar-refractivity contribution in [3.05, 3.63) is 67.8 Å². The fourth-order valence-electron chi connectivity index (χ4n) is 4.49. The molecule has 0 unspecified atom stereocenters. The number of ketones is 1. The Balaban J connectivity index is 3.10. The van der Waals surface area contributed by atoms with E-state index >= 15 is 0 Å². The summed E-state index contributed by atoms with van der Waals surface area (Å²) in [4.78, 5) is 12.4. The second kappa shape index (κ2) is 11.8. The molecule has 0 aromatic heterocycles. The van der Waals surface area contributed by atoms with Crippen LogP contribution >= 0.6 is 0 Å². The van der Waals surface area contributed by atoms with Crippen molar-refractivity contribution in [2.24, 2.45) is 0 Å². The van der Waals surface area contributed by atoms with Crippen LogP contribution in [-0.4, -0.2) is 5.78 Å². The summed E-state index contributed by atoms with van der Waals surface area (Å²) in [5.74, 6) is -2.73. The molecule has 48 heavy (non-hydrogen) atoms. The monoisotopic (exact) mass is 754 g/mol. The Labute approximate surface area is 247 Å². The number of carbonyl (C=O) groups excluding carboxylic acids is 1. The van der Waals surface area contributed by atoms with Gasteiger partial charge in [-0.1, -0.05) is 0 Å². The molecule has 1 nitrogen and oxygen atoms in total. The third-order valence-corrected chi connectivity index (χ3v) is 5.90. The van der Waals surface area contributed by atoms with E-state index < -0.39 is 136 Å². The Hall–Kier alpha value is -3.57. The van der Waals surface area contributed by atoms with Gasteiger partial charge < -0.3 is 0 Å². The number of rotatable bonds is 4. The van der Waals surface area contributed by atoms with E-state index in [2.05, 4.69) is 0 Å². The second-order valence-corrected chi connectivity index (χ2v) is 9.29. The summed E-state index contributed by atoms with van der Waals surface area (Å²) < 4.78 is 324. The maximum absolute atomic E-state index is 13.7. The van der Waals surface area contributed by atoms with Crippen molar-refractivity contribution < 1.29 is 110 Å². The highest BCUT2D eigenvalue weighted by atomic mass is 19.4. The van der Waals surface area contributed by atoms with Crippen LogP contribution in [0.3, 0.4) is 0 Å². The van der Waals surface area contributed by atoms with Crippen molar-refractivity contribution in [1.82, 2.24) is 0 Å². The van der Waals surface area contributed by atoms with Crippen LogP contribution in [0.1, 0.15) is 55.6 Å². The molecule has 0 aliphatic heterocycles. The maximum atomic E-state index is 13.7. The molecule has 0 N–H and O–H groups in total. The van der Waals surface area contributed by atoms with Crippen LogP contribution in [0, 0.1) is 0 Å². The van der Waals surface area contributed by atoms with Gasteiger partial charge in [0.05, 0.1) is 44.5 Å². The van der Waals surface area contributed by atoms with Crippen molar-refractivity contribution in [2.75, 3.05) is 0 Å². The first kappa shape index (κ1) is 40.6. The average Bonchev–Trinajstić information content (AvgIpc) is 2.77. The minimum Gasteiger partial charge on any atom is -0.299 e. The van der Waals surface area contributed by atoms with Gasteiger partial charge in [-0.05, 0) is 23.3 Å². The van der Waals surface area contributed by atoms with E-state index in [1.54, 1.807) is 0 Å². The van der Waals surface area contributed by atoms with E-state index in [-0.39, 0.29) is 0 Å². The molecule has 0 radical (unpaired) electrons. The highest BCUT2D eigenvalue weighted by Crippen LogP contribution is 2.54. The molecule has 272 valence electrons. The number of hydrogen-bond donors (Lipinski definition) is 0. The van der Waals surface area contributed by atoms with Crippen molar-refractivity contribution in [1.29, 1.82) is 0 Å². The van der Waals surface area contributed by atoms with E-state index in [1.165, 1.54) is 0 Å². The zero-order valence-electron chi connectivity index (χ0n) is 21.5. The summed E-state index contributed by atoms with van der Waals surface area (Å²) in [6.45, 7) is 0. The van der Waals surface area contributed by atoms with Crippen LogP contribution in [0.5, 0.6) is 0 Å². The fraction of sp³-hybridized carbons (Fsp3) is 0.435. The van der Waals surface area contributed by atoms with Crippen molar-refractivity contribution in [3.8, 4) is 0 Å². The van der Waals surface area contributed by atoms with E-state index in [9.17, 15) is 110 Å². The molecule has 0 atom stereocenters. The molecule has 2 aromatic carbocycles. The number of hydrogen-bond acceptors (Lipinski definition) is 1.